The largest absolute Gasteiger partial charge is 0.493 e. The van der Waals surface area contributed by atoms with E-state index < -0.39 is 0 Å². The molecule has 0 heterocycles. The summed E-state index contributed by atoms with van der Waals surface area (Å²) < 4.78 is 16.6. The smallest absolute Gasteiger partial charge is 0.228 e. The van der Waals surface area contributed by atoms with Crippen LogP contribution in [0.5, 0.6) is 11.5 Å². The summed E-state index contributed by atoms with van der Waals surface area (Å²) in [5, 5.41) is 10.6. The van der Waals surface area contributed by atoms with E-state index in [9.17, 15) is 9.90 Å². The molecule has 4 atom stereocenters. The second-order valence-corrected chi connectivity index (χ2v) is 11.7. The molecule has 0 spiro atoms. The minimum absolute atomic E-state index is 0.0686. The normalized spacial score (nSPS) is 25.6. The molecule has 2 aliphatic rings. The summed E-state index contributed by atoms with van der Waals surface area (Å²) in [5.74, 6) is 2.09. The SMILES string of the molecule is CCC12CCC(CCC1N(CO)C(=O)[C@H](Cc1ccc(OC)c(OCCCOC)c1)C(C)C)C2(C)C. The van der Waals surface area contributed by atoms with E-state index >= 15 is 0 Å². The Balaban J connectivity index is 1.83. The van der Waals surface area contributed by atoms with Crippen LogP contribution in [-0.2, 0) is 16.0 Å². The summed E-state index contributed by atoms with van der Waals surface area (Å²) >= 11 is 0. The van der Waals surface area contributed by atoms with Crippen molar-refractivity contribution in [3.8, 4) is 11.5 Å². The monoisotopic (exact) mass is 503 g/mol. The average molecular weight is 504 g/mol. The number of hydrogen-bond donors (Lipinski definition) is 1. The fourth-order valence-electron chi connectivity index (χ4n) is 7.32. The van der Waals surface area contributed by atoms with Gasteiger partial charge in [0.1, 0.15) is 6.73 Å². The minimum atomic E-state index is -0.219. The van der Waals surface area contributed by atoms with Crippen LogP contribution in [0.1, 0.15) is 78.7 Å². The van der Waals surface area contributed by atoms with Crippen molar-refractivity contribution >= 4 is 5.91 Å². The highest BCUT2D eigenvalue weighted by atomic mass is 16.5. The first-order valence-corrected chi connectivity index (χ1v) is 13.9. The molecule has 1 N–H and O–H groups in total. The van der Waals surface area contributed by atoms with Crippen molar-refractivity contribution in [2.24, 2.45) is 28.6 Å². The molecule has 0 aliphatic heterocycles. The first-order chi connectivity index (χ1) is 17.2. The Morgan fingerprint density at radius 1 is 1.14 bits per heavy atom. The first kappa shape index (κ1) is 28.8. The number of fused-ring (bicyclic) bond motifs is 2. The van der Waals surface area contributed by atoms with E-state index in [2.05, 4.69) is 34.6 Å². The molecule has 1 aromatic rings. The van der Waals surface area contributed by atoms with E-state index in [0.717, 1.165) is 37.7 Å². The van der Waals surface area contributed by atoms with Gasteiger partial charge < -0.3 is 24.2 Å². The van der Waals surface area contributed by atoms with Gasteiger partial charge in [0.25, 0.3) is 0 Å². The number of aliphatic hydroxyl groups is 1. The van der Waals surface area contributed by atoms with Crippen molar-refractivity contribution in [1.29, 1.82) is 0 Å². The van der Waals surface area contributed by atoms with Crippen LogP contribution in [-0.4, -0.2) is 56.1 Å². The number of rotatable bonds is 13. The molecular weight excluding hydrogens is 454 g/mol. The number of methoxy groups -OCH3 is 2. The highest BCUT2D eigenvalue weighted by molar-refractivity contribution is 5.80. The van der Waals surface area contributed by atoms with Gasteiger partial charge in [-0.2, -0.15) is 0 Å². The third-order valence-corrected chi connectivity index (χ3v) is 9.67. The summed E-state index contributed by atoms with van der Waals surface area (Å²) in [4.78, 5) is 15.9. The van der Waals surface area contributed by atoms with Crippen LogP contribution in [0.3, 0.4) is 0 Å². The number of amides is 1. The van der Waals surface area contributed by atoms with Gasteiger partial charge >= 0.3 is 0 Å². The molecule has 2 saturated carbocycles. The van der Waals surface area contributed by atoms with Gasteiger partial charge in [0, 0.05) is 32.1 Å². The minimum Gasteiger partial charge on any atom is -0.493 e. The zero-order valence-corrected chi connectivity index (χ0v) is 23.6. The predicted octanol–water partition coefficient (Wildman–Crippen LogP) is 5.70. The Kier molecular flexibility index (Phi) is 9.73. The Hall–Kier alpha value is -1.79. The van der Waals surface area contributed by atoms with Crippen molar-refractivity contribution in [3.05, 3.63) is 23.8 Å². The molecule has 6 nitrogen and oxygen atoms in total. The Morgan fingerprint density at radius 3 is 2.50 bits per heavy atom. The highest BCUT2D eigenvalue weighted by Crippen LogP contribution is 2.65. The van der Waals surface area contributed by atoms with E-state index in [1.165, 1.54) is 6.42 Å². The Bertz CT molecular complexity index is 869. The Morgan fingerprint density at radius 2 is 1.89 bits per heavy atom. The quantitative estimate of drug-likeness (QED) is 0.276. The summed E-state index contributed by atoms with van der Waals surface area (Å²) in [6.45, 7) is 12.2. The molecule has 3 unspecified atom stereocenters. The molecule has 6 heteroatoms. The van der Waals surface area contributed by atoms with E-state index in [-0.39, 0.29) is 41.3 Å². The van der Waals surface area contributed by atoms with Gasteiger partial charge in [0.2, 0.25) is 5.91 Å². The van der Waals surface area contributed by atoms with Crippen LogP contribution >= 0.6 is 0 Å². The summed E-state index contributed by atoms with van der Waals surface area (Å²) in [5.41, 5.74) is 1.29. The molecular formula is C30H49NO5. The molecule has 2 aliphatic carbocycles. The Labute approximate surface area is 218 Å². The lowest BCUT2D eigenvalue weighted by molar-refractivity contribution is -0.156. The molecule has 0 saturated heterocycles. The molecule has 36 heavy (non-hydrogen) atoms. The van der Waals surface area contributed by atoms with Gasteiger partial charge in [-0.3, -0.25) is 4.79 Å². The number of ether oxygens (including phenoxy) is 3. The molecule has 204 valence electrons. The van der Waals surface area contributed by atoms with Crippen molar-refractivity contribution in [2.75, 3.05) is 34.2 Å². The number of nitrogens with zero attached hydrogens (tertiary/aromatic N) is 1. The first-order valence-electron chi connectivity index (χ1n) is 13.9. The molecule has 1 amide bonds. The summed E-state index contributed by atoms with van der Waals surface area (Å²) in [6.07, 6.45) is 6.93. The second kappa shape index (κ2) is 12.2. The number of hydrogen-bond acceptors (Lipinski definition) is 5. The van der Waals surface area contributed by atoms with Gasteiger partial charge in [0.05, 0.1) is 13.7 Å². The molecule has 2 bridgehead atoms. The second-order valence-electron chi connectivity index (χ2n) is 11.7. The molecule has 1 aromatic carbocycles. The van der Waals surface area contributed by atoms with Gasteiger partial charge in [-0.25, -0.2) is 0 Å². The maximum atomic E-state index is 14.1. The van der Waals surface area contributed by atoms with Crippen molar-refractivity contribution in [1.82, 2.24) is 4.90 Å². The van der Waals surface area contributed by atoms with Crippen molar-refractivity contribution in [3.63, 3.8) is 0 Å². The van der Waals surface area contributed by atoms with Crippen molar-refractivity contribution in [2.45, 2.75) is 85.6 Å². The lowest BCUT2D eigenvalue weighted by Crippen LogP contribution is -2.59. The lowest BCUT2D eigenvalue weighted by atomic mass is 9.54. The third-order valence-electron chi connectivity index (χ3n) is 9.67. The zero-order valence-electron chi connectivity index (χ0n) is 23.6. The lowest BCUT2D eigenvalue weighted by Gasteiger charge is -2.56. The van der Waals surface area contributed by atoms with E-state index in [0.29, 0.717) is 37.1 Å². The topological polar surface area (TPSA) is 68.2 Å². The van der Waals surface area contributed by atoms with Crippen LogP contribution in [0.2, 0.25) is 0 Å². The number of benzene rings is 1. The number of aliphatic hydroxyl groups excluding tert-OH is 1. The summed E-state index contributed by atoms with van der Waals surface area (Å²) in [7, 11) is 3.32. The summed E-state index contributed by atoms with van der Waals surface area (Å²) in [6, 6.07) is 6.02. The molecule has 0 radical (unpaired) electrons. The fraction of sp³-hybridized carbons (Fsp3) is 0.767. The maximum absolute atomic E-state index is 14.1. The molecule has 3 rings (SSSR count). The van der Waals surface area contributed by atoms with Gasteiger partial charge in [-0.05, 0) is 78.9 Å². The van der Waals surface area contributed by atoms with Crippen LogP contribution in [0.15, 0.2) is 18.2 Å². The zero-order chi connectivity index (χ0) is 26.5. The van der Waals surface area contributed by atoms with E-state index in [4.69, 9.17) is 14.2 Å². The van der Waals surface area contributed by atoms with Gasteiger partial charge in [-0.1, -0.05) is 40.7 Å². The van der Waals surface area contributed by atoms with Crippen LogP contribution in [0.4, 0.5) is 0 Å². The van der Waals surface area contributed by atoms with Crippen LogP contribution < -0.4 is 9.47 Å². The van der Waals surface area contributed by atoms with E-state index in [1.807, 2.05) is 23.1 Å². The van der Waals surface area contributed by atoms with Crippen molar-refractivity contribution < 1.29 is 24.1 Å². The van der Waals surface area contributed by atoms with Gasteiger partial charge in [0.15, 0.2) is 11.5 Å². The van der Waals surface area contributed by atoms with Crippen LogP contribution in [0, 0.1) is 28.6 Å². The molecule has 2 fully saturated rings. The van der Waals surface area contributed by atoms with E-state index in [1.54, 1.807) is 14.2 Å². The standard InChI is InChI=1S/C30H49NO5/c1-8-30-15-14-23(29(30,4)5)11-13-27(30)31(20-32)28(33)24(21(2)3)18-22-10-12-25(35-7)26(19-22)36-17-9-16-34-6/h10,12,19,21,23-24,27,32H,8-9,11,13-18,20H2,1-7H3/t23?,24-,27?,30?/m1/s1. The van der Waals surface area contributed by atoms with Gasteiger partial charge in [-0.15, -0.1) is 0 Å². The predicted molar refractivity (Wildman–Crippen MR) is 143 cm³/mol. The maximum Gasteiger partial charge on any atom is 0.228 e. The van der Waals surface area contributed by atoms with Crippen LogP contribution in [0.25, 0.3) is 0 Å². The average Bonchev–Trinajstić information content (AvgIpc) is 2.98. The number of carbonyl (C=O) groups excluding carboxylic acids is 1. The molecule has 0 aromatic heterocycles. The fourth-order valence-corrected chi connectivity index (χ4v) is 7.32. The highest BCUT2D eigenvalue weighted by Gasteiger charge is 2.61. The third kappa shape index (κ3) is 5.40. The number of carbonyl (C=O) groups is 1.